The van der Waals surface area contributed by atoms with Crippen LogP contribution in [0.15, 0.2) is 41.6 Å². The summed E-state index contributed by atoms with van der Waals surface area (Å²) < 4.78 is 34.7. The zero-order chi connectivity index (χ0) is 16.6. The van der Waals surface area contributed by atoms with Crippen molar-refractivity contribution < 1.29 is 13.2 Å². The number of aromatic nitrogens is 2. The van der Waals surface area contributed by atoms with Crippen LogP contribution in [0.4, 0.5) is 14.6 Å². The maximum absolute atomic E-state index is 14.8. The van der Waals surface area contributed by atoms with Crippen molar-refractivity contribution in [3.8, 4) is 0 Å². The summed E-state index contributed by atoms with van der Waals surface area (Å²) in [6.07, 6.45) is 8.51. The van der Waals surface area contributed by atoms with Gasteiger partial charge in [-0.15, -0.1) is 0 Å². The lowest BCUT2D eigenvalue weighted by molar-refractivity contribution is -0.158. The molecule has 128 valence electrons. The fourth-order valence-electron chi connectivity index (χ4n) is 3.91. The number of likely N-dealkylation sites (tertiary alicyclic amines) is 1. The quantitative estimate of drug-likeness (QED) is 0.864. The zero-order valence-corrected chi connectivity index (χ0v) is 13.4. The van der Waals surface area contributed by atoms with Gasteiger partial charge in [0.2, 0.25) is 0 Å². The number of rotatable bonds is 3. The van der Waals surface area contributed by atoms with Crippen LogP contribution in [0.25, 0.3) is 0 Å². The fraction of sp³-hybridized carbons (Fsp3) is 0.529. The summed E-state index contributed by atoms with van der Waals surface area (Å²) in [6, 6.07) is 1.89. The van der Waals surface area contributed by atoms with E-state index in [1.165, 1.54) is 0 Å². The van der Waals surface area contributed by atoms with Crippen molar-refractivity contribution >= 4 is 5.82 Å². The van der Waals surface area contributed by atoms with Crippen LogP contribution in [-0.2, 0) is 6.54 Å². The third-order valence-electron chi connectivity index (χ3n) is 5.26. The first-order chi connectivity index (χ1) is 11.6. The maximum atomic E-state index is 14.8. The van der Waals surface area contributed by atoms with E-state index in [2.05, 4.69) is 14.9 Å². The summed E-state index contributed by atoms with van der Waals surface area (Å²) in [4.78, 5) is 12.4. The molecule has 24 heavy (non-hydrogen) atoms. The molecule has 2 aromatic rings. The number of hydrogen-bond acceptors (Lipinski definition) is 5. The number of hydrogen-bond donors (Lipinski definition) is 0. The molecular weight excluding hydrogens is 314 g/mol. The Kier molecular flexibility index (Phi) is 3.75. The van der Waals surface area contributed by atoms with Gasteiger partial charge in [-0.2, -0.15) is 0 Å². The Bertz CT molecular complexity index is 679. The molecule has 1 atom stereocenters. The summed E-state index contributed by atoms with van der Waals surface area (Å²) in [5.74, 6) is -1.98. The molecule has 2 fully saturated rings. The predicted molar refractivity (Wildman–Crippen MR) is 84.8 cm³/mol. The topological polar surface area (TPSA) is 45.4 Å². The van der Waals surface area contributed by atoms with Crippen LogP contribution in [0.2, 0.25) is 0 Å². The molecule has 0 saturated carbocycles. The summed E-state index contributed by atoms with van der Waals surface area (Å²) >= 11 is 0. The number of halogens is 2. The molecule has 0 N–H and O–H groups in total. The van der Waals surface area contributed by atoms with Crippen molar-refractivity contribution in [3.63, 3.8) is 0 Å². The van der Waals surface area contributed by atoms with Gasteiger partial charge in [0.15, 0.2) is 0 Å². The highest BCUT2D eigenvalue weighted by molar-refractivity contribution is 5.38. The lowest BCUT2D eigenvalue weighted by Gasteiger charge is -2.45. The van der Waals surface area contributed by atoms with E-state index in [1.807, 2.05) is 11.0 Å². The minimum absolute atomic E-state index is 0.0981. The fourth-order valence-corrected chi connectivity index (χ4v) is 3.91. The van der Waals surface area contributed by atoms with Crippen molar-refractivity contribution in [2.45, 2.75) is 25.3 Å². The van der Waals surface area contributed by atoms with Crippen LogP contribution < -0.4 is 4.90 Å². The van der Waals surface area contributed by atoms with E-state index in [9.17, 15) is 8.78 Å². The van der Waals surface area contributed by atoms with Gasteiger partial charge in [0.05, 0.1) is 24.1 Å². The monoisotopic (exact) mass is 334 g/mol. The number of nitrogens with zero attached hydrogens (tertiary/aromatic N) is 4. The third kappa shape index (κ3) is 2.66. The highest BCUT2D eigenvalue weighted by Gasteiger charge is 2.59. The Morgan fingerprint density at radius 2 is 2.08 bits per heavy atom. The van der Waals surface area contributed by atoms with Crippen molar-refractivity contribution in [2.24, 2.45) is 5.41 Å². The van der Waals surface area contributed by atoms with Gasteiger partial charge in [-0.05, 0) is 12.5 Å². The molecular formula is C17H20F2N4O. The van der Waals surface area contributed by atoms with Crippen molar-refractivity contribution in [3.05, 3.63) is 42.7 Å². The number of alkyl halides is 2. The Hall–Kier alpha value is -2.02. The standard InChI is InChI=1S/C17H20F2N4O/c18-17(19)3-6-22(10-14-1-8-24-11-14)12-16(17)2-7-23(13-16)15-9-20-4-5-21-15/h1,4-5,8-9,11H,2-3,6-7,10,12-13H2/t16-/m1/s1. The van der Waals surface area contributed by atoms with E-state index < -0.39 is 11.3 Å². The van der Waals surface area contributed by atoms with Crippen LogP contribution in [0.3, 0.4) is 0 Å². The van der Waals surface area contributed by atoms with E-state index in [-0.39, 0.29) is 6.42 Å². The number of piperidine rings is 1. The molecule has 0 aliphatic carbocycles. The highest BCUT2D eigenvalue weighted by Crippen LogP contribution is 2.50. The Balaban J connectivity index is 1.53. The van der Waals surface area contributed by atoms with E-state index in [0.717, 1.165) is 5.56 Å². The SMILES string of the molecule is FC1(F)CCN(Cc2ccoc2)C[C@@]12CCN(c1cnccn1)C2. The molecule has 2 aromatic heterocycles. The molecule has 0 amide bonds. The van der Waals surface area contributed by atoms with E-state index >= 15 is 0 Å². The average molecular weight is 334 g/mol. The summed E-state index contributed by atoms with van der Waals surface area (Å²) in [5.41, 5.74) is 0.00566. The van der Waals surface area contributed by atoms with Crippen LogP contribution in [0.5, 0.6) is 0 Å². The van der Waals surface area contributed by atoms with Gasteiger partial charge in [0.25, 0.3) is 5.92 Å². The van der Waals surface area contributed by atoms with E-state index in [0.29, 0.717) is 45.0 Å². The number of anilines is 1. The van der Waals surface area contributed by atoms with E-state index in [1.54, 1.807) is 31.1 Å². The average Bonchev–Trinajstić information content (AvgIpc) is 3.23. The van der Waals surface area contributed by atoms with Crippen LogP contribution in [0.1, 0.15) is 18.4 Å². The van der Waals surface area contributed by atoms with Crippen LogP contribution in [0, 0.1) is 5.41 Å². The first-order valence-electron chi connectivity index (χ1n) is 8.20. The third-order valence-corrected chi connectivity index (χ3v) is 5.26. The molecule has 2 aliphatic rings. The van der Waals surface area contributed by atoms with Gasteiger partial charge in [-0.25, -0.2) is 13.8 Å². The molecule has 1 spiro atoms. The van der Waals surface area contributed by atoms with Gasteiger partial charge in [-0.3, -0.25) is 9.88 Å². The van der Waals surface area contributed by atoms with Gasteiger partial charge in [0, 0.05) is 57.1 Å². The van der Waals surface area contributed by atoms with Crippen LogP contribution in [-0.4, -0.2) is 47.0 Å². The lowest BCUT2D eigenvalue weighted by Crippen LogP contribution is -2.56. The summed E-state index contributed by atoms with van der Waals surface area (Å²) in [7, 11) is 0. The molecule has 2 saturated heterocycles. The molecule has 0 radical (unpaired) electrons. The van der Waals surface area contributed by atoms with Gasteiger partial charge in [0.1, 0.15) is 5.82 Å². The molecule has 2 aliphatic heterocycles. The number of furan rings is 1. The van der Waals surface area contributed by atoms with Gasteiger partial charge < -0.3 is 9.32 Å². The zero-order valence-electron chi connectivity index (χ0n) is 13.4. The largest absolute Gasteiger partial charge is 0.472 e. The summed E-state index contributed by atoms with van der Waals surface area (Å²) in [5, 5.41) is 0. The molecule has 0 bridgehead atoms. The second kappa shape index (κ2) is 5.81. The van der Waals surface area contributed by atoms with Gasteiger partial charge >= 0.3 is 0 Å². The Morgan fingerprint density at radius 3 is 2.83 bits per heavy atom. The van der Waals surface area contributed by atoms with Crippen molar-refractivity contribution in [2.75, 3.05) is 31.1 Å². The molecule has 0 unspecified atom stereocenters. The molecule has 4 rings (SSSR count). The van der Waals surface area contributed by atoms with Gasteiger partial charge in [-0.1, -0.05) is 0 Å². The minimum Gasteiger partial charge on any atom is -0.472 e. The van der Waals surface area contributed by atoms with Crippen LogP contribution >= 0.6 is 0 Å². The molecule has 5 nitrogen and oxygen atoms in total. The van der Waals surface area contributed by atoms with Crippen molar-refractivity contribution in [1.29, 1.82) is 0 Å². The maximum Gasteiger partial charge on any atom is 0.257 e. The van der Waals surface area contributed by atoms with E-state index in [4.69, 9.17) is 4.42 Å². The normalized spacial score (nSPS) is 27.0. The first-order valence-corrected chi connectivity index (χ1v) is 8.20. The Labute approximate surface area is 139 Å². The Morgan fingerprint density at radius 1 is 1.17 bits per heavy atom. The second-order valence-corrected chi connectivity index (χ2v) is 6.81. The minimum atomic E-state index is -2.66. The first kappa shape index (κ1) is 15.5. The second-order valence-electron chi connectivity index (χ2n) is 6.81. The molecule has 4 heterocycles. The molecule has 0 aromatic carbocycles. The van der Waals surface area contributed by atoms with Crippen molar-refractivity contribution in [1.82, 2.24) is 14.9 Å². The summed E-state index contributed by atoms with van der Waals surface area (Å²) in [6.45, 7) is 2.36. The molecule has 7 heteroatoms. The predicted octanol–water partition coefficient (Wildman–Crippen LogP) is 2.81. The smallest absolute Gasteiger partial charge is 0.257 e. The lowest BCUT2D eigenvalue weighted by atomic mass is 9.75. The highest BCUT2D eigenvalue weighted by atomic mass is 19.3.